The second kappa shape index (κ2) is 6.35. The lowest BCUT2D eigenvalue weighted by Gasteiger charge is -2.20. The normalized spacial score (nSPS) is 20.2. The Bertz CT molecular complexity index is 809. The van der Waals surface area contributed by atoms with Crippen LogP contribution in [-0.4, -0.2) is 26.4 Å². The molecule has 0 unspecified atom stereocenters. The lowest BCUT2D eigenvalue weighted by molar-refractivity contribution is 0.0210. The van der Waals surface area contributed by atoms with E-state index in [1.165, 1.54) is 0 Å². The smallest absolute Gasteiger partial charge is 0.338 e. The van der Waals surface area contributed by atoms with Crippen LogP contribution in [0.4, 0.5) is 0 Å². The maximum atomic E-state index is 12.6. The van der Waals surface area contributed by atoms with Gasteiger partial charge in [-0.2, -0.15) is 5.10 Å². The Morgan fingerprint density at radius 2 is 1.96 bits per heavy atom. The predicted molar refractivity (Wildman–Crippen MR) is 90.1 cm³/mol. The molecule has 4 rings (SSSR count). The highest BCUT2D eigenvalue weighted by Crippen LogP contribution is 2.32. The summed E-state index contributed by atoms with van der Waals surface area (Å²) < 4.78 is 9.67. The number of benzene rings is 1. The molecule has 5 heteroatoms. The van der Waals surface area contributed by atoms with Gasteiger partial charge in [-0.3, -0.25) is 4.68 Å². The fraction of sp³-hybridized carbons (Fsp3) is 0.263. The van der Waals surface area contributed by atoms with Crippen molar-refractivity contribution in [3.05, 3.63) is 72.8 Å². The first-order valence-corrected chi connectivity index (χ1v) is 8.25. The van der Waals surface area contributed by atoms with Crippen molar-refractivity contribution in [2.75, 3.05) is 0 Å². The molecule has 5 nitrogen and oxygen atoms in total. The third-order valence-corrected chi connectivity index (χ3v) is 4.53. The van der Waals surface area contributed by atoms with Crippen LogP contribution in [0.5, 0.6) is 0 Å². The summed E-state index contributed by atoms with van der Waals surface area (Å²) in [4.78, 5) is 12.6. The molecule has 0 saturated heterocycles. The van der Waals surface area contributed by atoms with Crippen molar-refractivity contribution in [3.8, 4) is 5.69 Å². The number of ether oxygens (including phenoxy) is 1. The molecule has 122 valence electrons. The quantitative estimate of drug-likeness (QED) is 0.690. The number of rotatable bonds is 4. The van der Waals surface area contributed by atoms with Crippen LogP contribution in [0, 0.1) is 0 Å². The Kier molecular flexibility index (Phi) is 3.91. The summed E-state index contributed by atoms with van der Waals surface area (Å²) in [5.74, 6) is -0.270. The SMILES string of the molecule is O=C(O[C@@H]1CCC[C@H]1n1cccn1)c1cccc(-n2cccc2)c1. The Labute approximate surface area is 140 Å². The van der Waals surface area contributed by atoms with Gasteiger partial charge in [-0.1, -0.05) is 6.07 Å². The average molecular weight is 321 g/mol. The molecule has 2 atom stereocenters. The molecule has 1 saturated carbocycles. The lowest BCUT2D eigenvalue weighted by atomic mass is 10.2. The number of aromatic nitrogens is 3. The molecule has 3 aromatic rings. The number of carbonyl (C=O) groups excluding carboxylic acids is 1. The summed E-state index contributed by atoms with van der Waals surface area (Å²) in [7, 11) is 0. The van der Waals surface area contributed by atoms with Crippen molar-refractivity contribution in [1.29, 1.82) is 0 Å². The largest absolute Gasteiger partial charge is 0.456 e. The minimum absolute atomic E-state index is 0.118. The Morgan fingerprint density at radius 1 is 1.08 bits per heavy atom. The Morgan fingerprint density at radius 3 is 2.75 bits per heavy atom. The first kappa shape index (κ1) is 14.8. The van der Waals surface area contributed by atoms with Gasteiger partial charge < -0.3 is 9.30 Å². The highest BCUT2D eigenvalue weighted by Gasteiger charge is 2.32. The summed E-state index contributed by atoms with van der Waals surface area (Å²) in [6.45, 7) is 0. The van der Waals surface area contributed by atoms with Gasteiger partial charge in [0.05, 0.1) is 11.6 Å². The van der Waals surface area contributed by atoms with Crippen molar-refractivity contribution >= 4 is 5.97 Å². The molecule has 2 aromatic heterocycles. The highest BCUT2D eigenvalue weighted by molar-refractivity contribution is 5.90. The van der Waals surface area contributed by atoms with Crippen molar-refractivity contribution in [1.82, 2.24) is 14.3 Å². The summed E-state index contributed by atoms with van der Waals surface area (Å²) in [6, 6.07) is 13.5. The average Bonchev–Trinajstić information content (AvgIpc) is 3.36. The molecule has 1 aromatic carbocycles. The van der Waals surface area contributed by atoms with Crippen LogP contribution in [0.2, 0.25) is 0 Å². The number of nitrogens with zero attached hydrogens (tertiary/aromatic N) is 3. The number of esters is 1. The molecule has 0 aliphatic heterocycles. The van der Waals surface area contributed by atoms with Crippen molar-refractivity contribution in [2.45, 2.75) is 31.4 Å². The standard InChI is InChI=1S/C19H19N3O2/c23-19(15-6-3-7-16(14-15)21-11-1-2-12-21)24-18-9-4-8-17(18)22-13-5-10-20-22/h1-3,5-7,10-14,17-18H,4,8-9H2/t17-,18-/m1/s1. The first-order valence-electron chi connectivity index (χ1n) is 8.25. The van der Waals surface area contributed by atoms with Gasteiger partial charge in [0, 0.05) is 30.5 Å². The van der Waals surface area contributed by atoms with E-state index in [0.717, 1.165) is 24.9 Å². The van der Waals surface area contributed by atoms with Crippen molar-refractivity contribution in [3.63, 3.8) is 0 Å². The topological polar surface area (TPSA) is 49.1 Å². The number of hydrogen-bond acceptors (Lipinski definition) is 3. The highest BCUT2D eigenvalue weighted by atomic mass is 16.5. The third-order valence-electron chi connectivity index (χ3n) is 4.53. The molecule has 0 radical (unpaired) electrons. The zero-order valence-corrected chi connectivity index (χ0v) is 13.3. The van der Waals surface area contributed by atoms with Gasteiger partial charge in [0.2, 0.25) is 0 Å². The zero-order chi connectivity index (χ0) is 16.4. The molecule has 1 fully saturated rings. The van der Waals surface area contributed by atoms with Crippen LogP contribution in [0.1, 0.15) is 35.7 Å². The number of hydrogen-bond donors (Lipinski definition) is 0. The molecule has 24 heavy (non-hydrogen) atoms. The molecular formula is C19H19N3O2. The van der Waals surface area contributed by atoms with E-state index in [1.54, 1.807) is 12.3 Å². The van der Waals surface area contributed by atoms with Crippen LogP contribution < -0.4 is 0 Å². The molecule has 0 amide bonds. The number of carbonyl (C=O) groups is 1. The second-order valence-corrected chi connectivity index (χ2v) is 6.07. The fourth-order valence-electron chi connectivity index (χ4n) is 3.33. The predicted octanol–water partition coefficient (Wildman–Crippen LogP) is 3.62. The molecular weight excluding hydrogens is 302 g/mol. The van der Waals surface area contributed by atoms with Gasteiger partial charge in [-0.05, 0) is 55.7 Å². The first-order chi connectivity index (χ1) is 11.8. The van der Waals surface area contributed by atoms with Gasteiger partial charge >= 0.3 is 5.97 Å². The van der Waals surface area contributed by atoms with E-state index in [0.29, 0.717) is 5.56 Å². The summed E-state index contributed by atoms with van der Waals surface area (Å²) >= 11 is 0. The second-order valence-electron chi connectivity index (χ2n) is 6.07. The van der Waals surface area contributed by atoms with Crippen LogP contribution in [0.3, 0.4) is 0 Å². The maximum Gasteiger partial charge on any atom is 0.338 e. The van der Waals surface area contributed by atoms with Crippen LogP contribution in [0.25, 0.3) is 5.69 Å². The van der Waals surface area contributed by atoms with Gasteiger partial charge in [0.25, 0.3) is 0 Å². The van der Waals surface area contributed by atoms with E-state index < -0.39 is 0 Å². The zero-order valence-electron chi connectivity index (χ0n) is 13.3. The summed E-state index contributed by atoms with van der Waals surface area (Å²) in [5, 5.41) is 4.30. The monoisotopic (exact) mass is 321 g/mol. The molecule has 2 heterocycles. The van der Waals surface area contributed by atoms with Crippen molar-refractivity contribution < 1.29 is 9.53 Å². The van der Waals surface area contributed by atoms with E-state index in [2.05, 4.69) is 5.10 Å². The summed E-state index contributed by atoms with van der Waals surface area (Å²) in [5.41, 5.74) is 1.52. The van der Waals surface area contributed by atoms with Gasteiger partial charge in [-0.15, -0.1) is 0 Å². The Balaban J connectivity index is 1.51. The molecule has 0 bridgehead atoms. The van der Waals surface area contributed by atoms with E-state index in [-0.39, 0.29) is 18.1 Å². The molecule has 0 N–H and O–H groups in total. The van der Waals surface area contributed by atoms with E-state index in [4.69, 9.17) is 4.74 Å². The minimum Gasteiger partial charge on any atom is -0.456 e. The van der Waals surface area contributed by atoms with Crippen LogP contribution in [-0.2, 0) is 4.74 Å². The van der Waals surface area contributed by atoms with Crippen LogP contribution in [0.15, 0.2) is 67.3 Å². The molecule has 1 aliphatic rings. The van der Waals surface area contributed by atoms with E-state index in [1.807, 2.05) is 64.2 Å². The third kappa shape index (κ3) is 2.85. The van der Waals surface area contributed by atoms with Gasteiger partial charge in [0.15, 0.2) is 0 Å². The van der Waals surface area contributed by atoms with Crippen LogP contribution >= 0.6 is 0 Å². The fourth-order valence-corrected chi connectivity index (χ4v) is 3.33. The molecule has 1 aliphatic carbocycles. The summed E-state index contributed by atoms with van der Waals surface area (Å²) in [6.07, 6.45) is 10.4. The lowest BCUT2D eigenvalue weighted by Crippen LogP contribution is -2.25. The van der Waals surface area contributed by atoms with E-state index >= 15 is 0 Å². The van der Waals surface area contributed by atoms with Crippen molar-refractivity contribution in [2.24, 2.45) is 0 Å². The maximum absolute atomic E-state index is 12.6. The Hall–Kier alpha value is -2.82. The van der Waals surface area contributed by atoms with E-state index in [9.17, 15) is 4.79 Å². The minimum atomic E-state index is -0.270. The molecule has 0 spiro atoms. The van der Waals surface area contributed by atoms with Gasteiger partial charge in [-0.25, -0.2) is 4.79 Å². The van der Waals surface area contributed by atoms with Gasteiger partial charge in [0.1, 0.15) is 6.10 Å².